The van der Waals surface area contributed by atoms with E-state index in [4.69, 9.17) is 4.74 Å². The molecule has 0 aliphatic carbocycles. The van der Waals surface area contributed by atoms with Crippen LogP contribution in [0.2, 0.25) is 0 Å². The molecule has 0 saturated carbocycles. The van der Waals surface area contributed by atoms with Gasteiger partial charge < -0.3 is 15.2 Å². The molecule has 5 nitrogen and oxygen atoms in total. The molecule has 19 heavy (non-hydrogen) atoms. The van der Waals surface area contributed by atoms with E-state index in [0.29, 0.717) is 25.3 Å². The lowest BCUT2D eigenvalue weighted by molar-refractivity contribution is 0.174. The third kappa shape index (κ3) is 6.56. The zero-order valence-corrected chi connectivity index (χ0v) is 12.1. The molecule has 1 rings (SSSR count). The molecule has 2 N–H and O–H groups in total. The van der Waals surface area contributed by atoms with E-state index >= 15 is 0 Å². The van der Waals surface area contributed by atoms with Crippen molar-refractivity contribution in [3.05, 3.63) is 29.8 Å². The van der Waals surface area contributed by atoms with E-state index in [2.05, 4.69) is 5.32 Å². The van der Waals surface area contributed by atoms with E-state index in [-0.39, 0.29) is 5.75 Å². The second-order valence-corrected chi connectivity index (χ2v) is 6.74. The van der Waals surface area contributed by atoms with Gasteiger partial charge in [0.05, 0.1) is 19.0 Å². The highest BCUT2D eigenvalue weighted by atomic mass is 32.2. The largest absolute Gasteiger partial charge is 0.497 e. The fourth-order valence-electron chi connectivity index (χ4n) is 1.66. The molecule has 0 aliphatic heterocycles. The van der Waals surface area contributed by atoms with Crippen molar-refractivity contribution in [3.8, 4) is 5.75 Å². The maximum absolute atomic E-state index is 10.9. The highest BCUT2D eigenvalue weighted by Crippen LogP contribution is 2.18. The first-order valence-electron chi connectivity index (χ1n) is 6.13. The lowest BCUT2D eigenvalue weighted by atomic mass is 10.1. The molecule has 0 aromatic heterocycles. The first-order valence-corrected chi connectivity index (χ1v) is 8.19. The van der Waals surface area contributed by atoms with E-state index in [0.717, 1.165) is 5.56 Å². The summed E-state index contributed by atoms with van der Waals surface area (Å²) in [7, 11) is -1.33. The predicted octanol–water partition coefficient (Wildman–Crippen LogP) is 0.753. The van der Waals surface area contributed by atoms with Gasteiger partial charge in [-0.1, -0.05) is 12.1 Å². The summed E-state index contributed by atoms with van der Waals surface area (Å²) in [6.45, 7) is 0.949. The van der Waals surface area contributed by atoms with E-state index in [1.165, 1.54) is 6.26 Å². The smallest absolute Gasteiger partial charge is 0.147 e. The minimum absolute atomic E-state index is 0.162. The van der Waals surface area contributed by atoms with Gasteiger partial charge in [-0.3, -0.25) is 0 Å². The zero-order chi connectivity index (χ0) is 14.3. The topological polar surface area (TPSA) is 75.6 Å². The fraction of sp³-hybridized carbons (Fsp3) is 0.538. The molecule has 0 fully saturated rings. The SMILES string of the molecule is COc1cccc(C(O)CNCCCS(C)(=O)=O)c1. The molecule has 108 valence electrons. The maximum atomic E-state index is 10.9. The first kappa shape index (κ1) is 15.9. The Morgan fingerprint density at radius 2 is 2.16 bits per heavy atom. The first-order chi connectivity index (χ1) is 8.92. The van der Waals surface area contributed by atoms with Crippen molar-refractivity contribution in [3.63, 3.8) is 0 Å². The van der Waals surface area contributed by atoms with Crippen LogP contribution in [0.5, 0.6) is 5.75 Å². The number of hydrogen-bond acceptors (Lipinski definition) is 5. The number of aliphatic hydroxyl groups excluding tert-OH is 1. The molecule has 1 unspecified atom stereocenters. The third-order valence-corrected chi connectivity index (χ3v) is 3.72. The van der Waals surface area contributed by atoms with E-state index in [1.807, 2.05) is 18.2 Å². The van der Waals surface area contributed by atoms with Crippen molar-refractivity contribution in [1.82, 2.24) is 5.32 Å². The molecule has 0 aliphatic rings. The Kier molecular flexibility index (Phi) is 6.27. The molecule has 1 aromatic rings. The van der Waals surface area contributed by atoms with Crippen molar-refractivity contribution in [1.29, 1.82) is 0 Å². The molecule has 1 aromatic carbocycles. The summed E-state index contributed by atoms with van der Waals surface area (Å²) in [6, 6.07) is 7.24. The van der Waals surface area contributed by atoms with Crippen LogP contribution in [0.4, 0.5) is 0 Å². The van der Waals surface area contributed by atoms with Gasteiger partial charge in [0.25, 0.3) is 0 Å². The zero-order valence-electron chi connectivity index (χ0n) is 11.3. The maximum Gasteiger partial charge on any atom is 0.147 e. The summed E-state index contributed by atoms with van der Waals surface area (Å²) in [4.78, 5) is 0. The Labute approximate surface area is 114 Å². The van der Waals surface area contributed by atoms with E-state index in [1.54, 1.807) is 13.2 Å². The lowest BCUT2D eigenvalue weighted by Gasteiger charge is -2.13. The number of sulfone groups is 1. The highest BCUT2D eigenvalue weighted by Gasteiger charge is 2.08. The molecular weight excluding hydrogens is 266 g/mol. The van der Waals surface area contributed by atoms with Crippen molar-refractivity contribution < 1.29 is 18.3 Å². The Hall–Kier alpha value is -1.11. The number of rotatable bonds is 8. The van der Waals surface area contributed by atoms with Crippen LogP contribution in [0.3, 0.4) is 0 Å². The van der Waals surface area contributed by atoms with Crippen LogP contribution in [0.1, 0.15) is 18.1 Å². The minimum Gasteiger partial charge on any atom is -0.497 e. The number of ether oxygens (including phenoxy) is 1. The Balaban J connectivity index is 2.32. The number of aliphatic hydroxyl groups is 1. The molecule has 0 spiro atoms. The summed E-state index contributed by atoms with van der Waals surface area (Å²) >= 11 is 0. The molecule has 0 amide bonds. The molecule has 1 atom stereocenters. The van der Waals surface area contributed by atoms with Crippen molar-refractivity contribution >= 4 is 9.84 Å². The Morgan fingerprint density at radius 1 is 1.42 bits per heavy atom. The Morgan fingerprint density at radius 3 is 2.79 bits per heavy atom. The van der Waals surface area contributed by atoms with Gasteiger partial charge in [0, 0.05) is 12.8 Å². The number of methoxy groups -OCH3 is 1. The number of hydrogen-bond donors (Lipinski definition) is 2. The second-order valence-electron chi connectivity index (χ2n) is 4.48. The van der Waals surface area contributed by atoms with E-state index < -0.39 is 15.9 Å². The van der Waals surface area contributed by atoms with Crippen LogP contribution >= 0.6 is 0 Å². The van der Waals surface area contributed by atoms with Crippen molar-refractivity contribution in [2.75, 3.05) is 32.2 Å². The summed E-state index contributed by atoms with van der Waals surface area (Å²) < 4.78 is 26.9. The molecule has 0 heterocycles. The van der Waals surface area contributed by atoms with Gasteiger partial charge in [0.1, 0.15) is 15.6 Å². The van der Waals surface area contributed by atoms with E-state index in [9.17, 15) is 13.5 Å². The van der Waals surface area contributed by atoms with Gasteiger partial charge in [0.15, 0.2) is 0 Å². The second kappa shape index (κ2) is 7.47. The predicted molar refractivity (Wildman–Crippen MR) is 75.2 cm³/mol. The third-order valence-electron chi connectivity index (χ3n) is 2.68. The van der Waals surface area contributed by atoms with Gasteiger partial charge in [-0.2, -0.15) is 0 Å². The van der Waals surface area contributed by atoms with Gasteiger partial charge in [-0.15, -0.1) is 0 Å². The average Bonchev–Trinajstić information content (AvgIpc) is 2.37. The fourth-order valence-corrected chi connectivity index (χ4v) is 2.33. The van der Waals surface area contributed by atoms with Crippen molar-refractivity contribution in [2.24, 2.45) is 0 Å². The molecule has 0 saturated heterocycles. The monoisotopic (exact) mass is 287 g/mol. The lowest BCUT2D eigenvalue weighted by Crippen LogP contribution is -2.24. The van der Waals surface area contributed by atoms with Crippen LogP contribution in [0.15, 0.2) is 24.3 Å². The summed E-state index contributed by atoms with van der Waals surface area (Å²) in [5, 5.41) is 13.0. The average molecular weight is 287 g/mol. The molecular formula is C13H21NO4S. The molecule has 6 heteroatoms. The van der Waals surface area contributed by atoms with Crippen molar-refractivity contribution in [2.45, 2.75) is 12.5 Å². The molecule has 0 bridgehead atoms. The Bertz CT molecular complexity index is 487. The van der Waals surface area contributed by atoms with Gasteiger partial charge in [-0.25, -0.2) is 8.42 Å². The van der Waals surface area contributed by atoms with Gasteiger partial charge in [-0.05, 0) is 30.7 Å². The molecule has 0 radical (unpaired) electrons. The summed E-state index contributed by atoms with van der Waals surface area (Å²) in [6.07, 6.45) is 1.13. The summed E-state index contributed by atoms with van der Waals surface area (Å²) in [5.41, 5.74) is 0.773. The normalized spacial score (nSPS) is 13.2. The number of benzene rings is 1. The summed E-state index contributed by atoms with van der Waals surface area (Å²) in [5.74, 6) is 0.864. The van der Waals surface area contributed by atoms with Crippen LogP contribution in [-0.2, 0) is 9.84 Å². The van der Waals surface area contributed by atoms with Crippen LogP contribution < -0.4 is 10.1 Å². The standard InChI is InChI=1S/C13H21NO4S/c1-18-12-6-3-5-11(9-12)13(15)10-14-7-4-8-19(2,16)17/h3,5-6,9,13-15H,4,7-8,10H2,1-2H3. The highest BCUT2D eigenvalue weighted by molar-refractivity contribution is 7.90. The minimum atomic E-state index is -2.91. The van der Waals surface area contributed by atoms with Crippen LogP contribution in [0.25, 0.3) is 0 Å². The van der Waals surface area contributed by atoms with Crippen LogP contribution in [0, 0.1) is 0 Å². The van der Waals surface area contributed by atoms with Gasteiger partial charge >= 0.3 is 0 Å². The number of nitrogens with one attached hydrogen (secondary N) is 1. The van der Waals surface area contributed by atoms with Gasteiger partial charge in [0.2, 0.25) is 0 Å². The van der Waals surface area contributed by atoms with Crippen LogP contribution in [-0.4, -0.2) is 45.7 Å². The quantitative estimate of drug-likeness (QED) is 0.690.